The maximum atomic E-state index is 3.62. The van der Waals surface area contributed by atoms with Gasteiger partial charge in [-0.1, -0.05) is 34.1 Å². The number of allylic oxidation sites excluding steroid dienone is 2. The predicted octanol–water partition coefficient (Wildman–Crippen LogP) is 4.33. The Morgan fingerprint density at radius 1 is 1.13 bits per heavy atom. The van der Waals surface area contributed by atoms with E-state index in [1.165, 1.54) is 20.3 Å². The number of nitrogens with one attached hydrogen (secondary N) is 1. The molecule has 1 aromatic carbocycles. The number of H-pyrrole nitrogens is 1. The highest BCUT2D eigenvalue weighted by atomic mass is 79.9. The van der Waals surface area contributed by atoms with Crippen molar-refractivity contribution >= 4 is 37.7 Å². The second kappa shape index (κ2) is 3.58. The summed E-state index contributed by atoms with van der Waals surface area (Å²) in [6.07, 6.45) is 6.38. The Balaban J connectivity index is 2.27. The molecule has 0 radical (unpaired) electrons. The van der Waals surface area contributed by atoms with Crippen LogP contribution in [-0.4, -0.2) is 4.98 Å². The number of hydrogen-bond donors (Lipinski definition) is 2. The smallest absolute Gasteiger partial charge is 0.0476 e. The molecule has 1 N–H and O–H groups in total. The van der Waals surface area contributed by atoms with Gasteiger partial charge in [0.25, 0.3) is 0 Å². The molecule has 0 saturated carbocycles. The molecule has 2 aromatic rings. The van der Waals surface area contributed by atoms with Crippen molar-refractivity contribution in [2.24, 2.45) is 0 Å². The van der Waals surface area contributed by atoms with Gasteiger partial charge in [0.1, 0.15) is 0 Å². The molecule has 1 aliphatic heterocycles. The summed E-state index contributed by atoms with van der Waals surface area (Å²) in [6, 6.07) is 6.27. The Morgan fingerprint density at radius 2 is 1.93 bits per heavy atom. The maximum Gasteiger partial charge on any atom is 0.0476 e. The van der Waals surface area contributed by atoms with Crippen LogP contribution >= 0.6 is 26.8 Å². The van der Waals surface area contributed by atoms with Crippen molar-refractivity contribution < 1.29 is 0 Å². The molecule has 15 heavy (non-hydrogen) atoms. The van der Waals surface area contributed by atoms with E-state index in [2.05, 4.69) is 68.3 Å². The predicted molar refractivity (Wildman–Crippen MR) is 71.5 cm³/mol. The molecular formula is C12H10BrNS. The van der Waals surface area contributed by atoms with Crippen LogP contribution in [0.5, 0.6) is 0 Å². The topological polar surface area (TPSA) is 15.8 Å². The van der Waals surface area contributed by atoms with Gasteiger partial charge in [0.15, 0.2) is 0 Å². The van der Waals surface area contributed by atoms with Gasteiger partial charge in [0.2, 0.25) is 0 Å². The number of halogens is 1. The summed E-state index contributed by atoms with van der Waals surface area (Å²) < 4.78 is 1.17. The van der Waals surface area contributed by atoms with Crippen molar-refractivity contribution in [2.75, 3.05) is 0 Å². The minimum atomic E-state index is -0.242. The third-order valence-corrected chi connectivity index (χ3v) is 5.07. The van der Waals surface area contributed by atoms with Gasteiger partial charge < -0.3 is 4.98 Å². The average Bonchev–Trinajstić information content (AvgIpc) is 2.85. The summed E-state index contributed by atoms with van der Waals surface area (Å²) in [6.45, 7) is 0. The second-order valence-electron chi connectivity index (χ2n) is 3.43. The Labute approximate surface area is 99.4 Å². The first kappa shape index (κ1) is 9.31. The molecule has 0 atom stereocenters. The number of fused-ring (bicyclic) bond motifs is 1. The van der Waals surface area contributed by atoms with Crippen molar-refractivity contribution in [1.82, 2.24) is 4.98 Å². The number of hydrogen-bond acceptors (Lipinski definition) is 0. The van der Waals surface area contributed by atoms with Gasteiger partial charge in [-0.2, -0.15) is 10.9 Å². The van der Waals surface area contributed by atoms with Crippen LogP contribution in [0.1, 0.15) is 0 Å². The molecule has 0 unspecified atom stereocenters. The standard InChI is InChI=1S/C12H10BrNS/c13-9-4-3-5-10-12(9)11(8-14-10)15-6-1-2-7-15/h1-8,14-15H. The zero-order valence-corrected chi connectivity index (χ0v) is 10.4. The van der Waals surface area contributed by atoms with Crippen LogP contribution in [0.15, 0.2) is 56.7 Å². The third-order valence-electron chi connectivity index (χ3n) is 2.52. The molecule has 0 aliphatic carbocycles. The zero-order valence-electron chi connectivity index (χ0n) is 7.94. The molecule has 3 rings (SSSR count). The van der Waals surface area contributed by atoms with Crippen LogP contribution in [0.25, 0.3) is 10.9 Å². The molecule has 0 saturated heterocycles. The lowest BCUT2D eigenvalue weighted by Gasteiger charge is -2.08. The van der Waals surface area contributed by atoms with Crippen LogP contribution in [-0.2, 0) is 0 Å². The van der Waals surface area contributed by atoms with Crippen LogP contribution < -0.4 is 0 Å². The summed E-state index contributed by atoms with van der Waals surface area (Å²) >= 11 is 3.62. The van der Waals surface area contributed by atoms with Gasteiger partial charge in [0, 0.05) is 26.5 Å². The quantitative estimate of drug-likeness (QED) is 0.723. The average molecular weight is 280 g/mol. The van der Waals surface area contributed by atoms with Crippen LogP contribution in [0, 0.1) is 0 Å². The van der Waals surface area contributed by atoms with Gasteiger partial charge in [-0.3, -0.25) is 0 Å². The van der Waals surface area contributed by atoms with Gasteiger partial charge in [-0.25, -0.2) is 0 Å². The number of aromatic amines is 1. The van der Waals surface area contributed by atoms with Gasteiger partial charge >= 0.3 is 0 Å². The number of thiol groups is 1. The van der Waals surface area contributed by atoms with Crippen molar-refractivity contribution in [3.63, 3.8) is 0 Å². The minimum absolute atomic E-state index is 0.242. The molecule has 1 aliphatic rings. The summed E-state index contributed by atoms with van der Waals surface area (Å²) in [5.41, 5.74) is 1.20. The van der Waals surface area contributed by atoms with E-state index in [1.54, 1.807) is 0 Å². The van der Waals surface area contributed by atoms with Crippen molar-refractivity contribution in [1.29, 1.82) is 0 Å². The third kappa shape index (κ3) is 1.46. The first-order valence-corrected chi connectivity index (χ1v) is 7.02. The van der Waals surface area contributed by atoms with E-state index < -0.39 is 0 Å². The minimum Gasteiger partial charge on any atom is -0.360 e. The molecule has 0 spiro atoms. The Morgan fingerprint density at radius 3 is 2.73 bits per heavy atom. The summed E-state index contributed by atoms with van der Waals surface area (Å²) in [5.74, 6) is 0. The molecule has 76 valence electrons. The van der Waals surface area contributed by atoms with E-state index in [0.29, 0.717) is 0 Å². The van der Waals surface area contributed by atoms with Gasteiger partial charge in [-0.15, -0.1) is 0 Å². The molecule has 1 aromatic heterocycles. The number of aromatic nitrogens is 1. The highest BCUT2D eigenvalue weighted by molar-refractivity contribution is 9.10. The van der Waals surface area contributed by atoms with Crippen LogP contribution in [0.3, 0.4) is 0 Å². The summed E-state index contributed by atoms with van der Waals surface area (Å²) in [4.78, 5) is 4.72. The highest BCUT2D eigenvalue weighted by Crippen LogP contribution is 2.47. The fourth-order valence-electron chi connectivity index (χ4n) is 1.82. The van der Waals surface area contributed by atoms with Crippen LogP contribution in [0.4, 0.5) is 0 Å². The number of rotatable bonds is 1. The molecule has 1 nitrogen and oxygen atoms in total. The van der Waals surface area contributed by atoms with Gasteiger partial charge in [0.05, 0.1) is 0 Å². The summed E-state index contributed by atoms with van der Waals surface area (Å²) in [5, 5.41) is 5.87. The molecule has 3 heteroatoms. The molecule has 2 heterocycles. The fourth-order valence-corrected chi connectivity index (χ4v) is 4.26. The normalized spacial score (nSPS) is 16.7. The van der Waals surface area contributed by atoms with E-state index in [-0.39, 0.29) is 10.9 Å². The van der Waals surface area contributed by atoms with E-state index in [1.807, 2.05) is 0 Å². The van der Waals surface area contributed by atoms with Crippen molar-refractivity contribution in [3.05, 3.63) is 51.8 Å². The summed E-state index contributed by atoms with van der Waals surface area (Å²) in [7, 11) is -0.242. The molecule has 0 bridgehead atoms. The van der Waals surface area contributed by atoms with Crippen molar-refractivity contribution in [3.8, 4) is 0 Å². The lowest BCUT2D eigenvalue weighted by molar-refractivity contribution is 1.42. The Hall–Kier alpha value is -0.930. The Bertz CT molecular complexity index is 556. The Kier molecular flexibility index (Phi) is 2.22. The SMILES string of the molecule is Brc1cccc2[nH]cc([SH]3C=CC=C3)c12. The number of benzene rings is 1. The largest absolute Gasteiger partial charge is 0.360 e. The van der Waals surface area contributed by atoms with Gasteiger partial charge in [-0.05, 0) is 22.9 Å². The van der Waals surface area contributed by atoms with Crippen LogP contribution in [0.2, 0.25) is 0 Å². The monoisotopic (exact) mass is 279 g/mol. The lowest BCUT2D eigenvalue weighted by Crippen LogP contribution is -1.73. The van der Waals surface area contributed by atoms with E-state index in [9.17, 15) is 0 Å². The lowest BCUT2D eigenvalue weighted by atomic mass is 10.2. The first-order valence-electron chi connectivity index (χ1n) is 4.75. The molecular weight excluding hydrogens is 270 g/mol. The highest BCUT2D eigenvalue weighted by Gasteiger charge is 2.11. The maximum absolute atomic E-state index is 3.62. The first-order chi connectivity index (χ1) is 7.36. The van der Waals surface area contributed by atoms with E-state index in [4.69, 9.17) is 0 Å². The van der Waals surface area contributed by atoms with E-state index >= 15 is 0 Å². The zero-order chi connectivity index (χ0) is 10.3. The van der Waals surface area contributed by atoms with E-state index in [0.717, 1.165) is 0 Å². The molecule has 0 amide bonds. The van der Waals surface area contributed by atoms with Crippen molar-refractivity contribution in [2.45, 2.75) is 4.90 Å². The fraction of sp³-hybridized carbons (Fsp3) is 0. The molecule has 0 fully saturated rings. The second-order valence-corrected chi connectivity index (χ2v) is 6.17.